The lowest BCUT2D eigenvalue weighted by Crippen LogP contribution is -2.33. The summed E-state index contributed by atoms with van der Waals surface area (Å²) in [5, 5.41) is 2.88. The fourth-order valence-corrected chi connectivity index (χ4v) is 4.18. The first-order chi connectivity index (χ1) is 9.91. The summed E-state index contributed by atoms with van der Waals surface area (Å²) < 4.78 is 28.2. The first kappa shape index (κ1) is 15.8. The van der Waals surface area contributed by atoms with Crippen LogP contribution in [-0.2, 0) is 14.6 Å². The summed E-state index contributed by atoms with van der Waals surface area (Å²) in [6, 6.07) is 7.38. The minimum absolute atomic E-state index is 0.0329. The van der Waals surface area contributed by atoms with Crippen molar-refractivity contribution in [2.45, 2.75) is 26.3 Å². The summed E-state index contributed by atoms with van der Waals surface area (Å²) in [7, 11) is -3.03. The third-order valence-electron chi connectivity index (χ3n) is 3.65. The van der Waals surface area contributed by atoms with Crippen molar-refractivity contribution in [2.24, 2.45) is 5.92 Å². The van der Waals surface area contributed by atoms with E-state index < -0.39 is 15.8 Å². The Bertz CT molecular complexity index is 595. The van der Waals surface area contributed by atoms with Crippen LogP contribution in [-0.4, -0.2) is 32.4 Å². The molecule has 1 aliphatic rings. The van der Waals surface area contributed by atoms with Crippen molar-refractivity contribution < 1.29 is 17.9 Å². The summed E-state index contributed by atoms with van der Waals surface area (Å²) >= 11 is 0. The fraction of sp³-hybridized carbons (Fsp3) is 0.533. The number of hydrogen-bond donors (Lipinski definition) is 1. The molecule has 0 spiro atoms. The largest absolute Gasteiger partial charge is 0.494 e. The number of rotatable bonds is 5. The topological polar surface area (TPSA) is 72.5 Å². The van der Waals surface area contributed by atoms with Crippen LogP contribution in [0.15, 0.2) is 24.3 Å². The zero-order valence-corrected chi connectivity index (χ0v) is 13.2. The predicted octanol–water partition coefficient (Wildman–Crippen LogP) is 1.70. The van der Waals surface area contributed by atoms with Gasteiger partial charge in [0.15, 0.2) is 9.84 Å². The zero-order valence-electron chi connectivity index (χ0n) is 12.3. The number of sulfone groups is 1. The van der Waals surface area contributed by atoms with Gasteiger partial charge >= 0.3 is 0 Å². The van der Waals surface area contributed by atoms with E-state index in [0.29, 0.717) is 13.0 Å². The quantitative estimate of drug-likeness (QED) is 0.898. The molecule has 6 heteroatoms. The van der Waals surface area contributed by atoms with Crippen molar-refractivity contribution in [1.82, 2.24) is 5.32 Å². The monoisotopic (exact) mass is 311 g/mol. The molecule has 5 nitrogen and oxygen atoms in total. The van der Waals surface area contributed by atoms with E-state index in [1.165, 1.54) is 0 Å². The van der Waals surface area contributed by atoms with Crippen LogP contribution in [0.2, 0.25) is 0 Å². The van der Waals surface area contributed by atoms with Gasteiger partial charge in [-0.1, -0.05) is 12.1 Å². The summed E-state index contributed by atoms with van der Waals surface area (Å²) in [4.78, 5) is 12.1. The summed E-state index contributed by atoms with van der Waals surface area (Å²) in [6.45, 7) is 4.42. The molecule has 0 unspecified atom stereocenters. The third-order valence-corrected chi connectivity index (χ3v) is 5.42. The Balaban J connectivity index is 1.94. The molecule has 1 fully saturated rings. The predicted molar refractivity (Wildman–Crippen MR) is 80.9 cm³/mol. The molecule has 2 rings (SSSR count). The van der Waals surface area contributed by atoms with E-state index in [4.69, 9.17) is 4.74 Å². The molecule has 2 atom stereocenters. The van der Waals surface area contributed by atoms with Crippen LogP contribution in [0.1, 0.15) is 31.9 Å². The number of nitrogens with one attached hydrogen (secondary N) is 1. The highest BCUT2D eigenvalue weighted by Crippen LogP contribution is 2.21. The van der Waals surface area contributed by atoms with Gasteiger partial charge in [-0.15, -0.1) is 0 Å². The Hall–Kier alpha value is -1.56. The molecule has 1 aromatic rings. The van der Waals surface area contributed by atoms with Gasteiger partial charge in [0.2, 0.25) is 5.91 Å². The number of amides is 1. The van der Waals surface area contributed by atoms with Gasteiger partial charge in [-0.05, 0) is 38.0 Å². The molecule has 21 heavy (non-hydrogen) atoms. The molecule has 0 saturated carbocycles. The van der Waals surface area contributed by atoms with E-state index in [-0.39, 0.29) is 23.5 Å². The smallest absolute Gasteiger partial charge is 0.224 e. The lowest BCUT2D eigenvalue weighted by Gasteiger charge is -2.17. The molecule has 0 aromatic heterocycles. The molecular weight excluding hydrogens is 290 g/mol. The van der Waals surface area contributed by atoms with E-state index in [9.17, 15) is 13.2 Å². The standard InChI is InChI=1S/C15H21NO4S/c1-3-20-14-6-4-12(5-7-14)11(2)16-15(17)13-8-9-21(18,19)10-13/h4-7,11,13H,3,8-10H2,1-2H3,(H,16,17)/t11-,13-/m0/s1. The van der Waals surface area contributed by atoms with Crippen molar-refractivity contribution >= 4 is 15.7 Å². The van der Waals surface area contributed by atoms with Gasteiger partial charge in [0.1, 0.15) is 5.75 Å². The SMILES string of the molecule is CCOc1ccc([C@H](C)NC(=O)[C@H]2CCS(=O)(=O)C2)cc1. The third kappa shape index (κ3) is 4.20. The maximum Gasteiger partial charge on any atom is 0.224 e. The summed E-state index contributed by atoms with van der Waals surface area (Å²) in [6.07, 6.45) is 0.421. The minimum Gasteiger partial charge on any atom is -0.494 e. The average Bonchev–Trinajstić information content (AvgIpc) is 2.80. The second-order valence-corrected chi connectivity index (χ2v) is 7.56. The Morgan fingerprint density at radius 2 is 2.05 bits per heavy atom. The Morgan fingerprint density at radius 1 is 1.38 bits per heavy atom. The molecule has 1 aromatic carbocycles. The number of benzene rings is 1. The average molecular weight is 311 g/mol. The fourth-order valence-electron chi connectivity index (χ4n) is 2.44. The van der Waals surface area contributed by atoms with E-state index in [1.54, 1.807) is 0 Å². The lowest BCUT2D eigenvalue weighted by atomic mass is 10.1. The number of carbonyl (C=O) groups excluding carboxylic acids is 1. The van der Waals surface area contributed by atoms with Crippen LogP contribution in [0.5, 0.6) is 5.75 Å². The molecule has 0 radical (unpaired) electrons. The molecule has 1 amide bonds. The van der Waals surface area contributed by atoms with Gasteiger partial charge in [0, 0.05) is 0 Å². The van der Waals surface area contributed by atoms with Crippen LogP contribution >= 0.6 is 0 Å². The Morgan fingerprint density at radius 3 is 2.57 bits per heavy atom. The van der Waals surface area contributed by atoms with E-state index in [2.05, 4.69) is 5.32 Å². The normalized spacial score (nSPS) is 21.7. The van der Waals surface area contributed by atoms with E-state index in [1.807, 2.05) is 38.1 Å². The van der Waals surface area contributed by atoms with Crippen LogP contribution in [0.4, 0.5) is 0 Å². The number of ether oxygens (including phenoxy) is 1. The summed E-state index contributed by atoms with van der Waals surface area (Å²) in [5.74, 6) is 0.274. The van der Waals surface area contributed by atoms with Crippen LogP contribution in [0.25, 0.3) is 0 Å². The van der Waals surface area contributed by atoms with E-state index >= 15 is 0 Å². The van der Waals surface area contributed by atoms with Gasteiger partial charge < -0.3 is 10.1 Å². The highest BCUT2D eigenvalue weighted by Gasteiger charge is 2.33. The van der Waals surface area contributed by atoms with Crippen molar-refractivity contribution in [3.8, 4) is 5.75 Å². The van der Waals surface area contributed by atoms with Crippen molar-refractivity contribution in [1.29, 1.82) is 0 Å². The van der Waals surface area contributed by atoms with Crippen LogP contribution in [0.3, 0.4) is 0 Å². The molecule has 0 aliphatic carbocycles. The Kier molecular flexibility index (Phi) is 4.88. The molecule has 1 heterocycles. The van der Waals surface area contributed by atoms with Gasteiger partial charge in [0.25, 0.3) is 0 Å². The molecule has 1 N–H and O–H groups in total. The molecule has 1 saturated heterocycles. The first-order valence-corrected chi connectivity index (χ1v) is 8.97. The van der Waals surface area contributed by atoms with Gasteiger partial charge in [-0.2, -0.15) is 0 Å². The molecular formula is C15H21NO4S. The molecule has 1 aliphatic heterocycles. The van der Waals surface area contributed by atoms with Crippen molar-refractivity contribution in [2.75, 3.05) is 18.1 Å². The minimum atomic E-state index is -3.03. The summed E-state index contributed by atoms with van der Waals surface area (Å²) in [5.41, 5.74) is 0.965. The van der Waals surface area contributed by atoms with Crippen molar-refractivity contribution in [3.63, 3.8) is 0 Å². The van der Waals surface area contributed by atoms with Crippen LogP contribution in [0, 0.1) is 5.92 Å². The number of carbonyl (C=O) groups is 1. The van der Waals surface area contributed by atoms with Gasteiger partial charge in [-0.25, -0.2) is 8.42 Å². The highest BCUT2D eigenvalue weighted by molar-refractivity contribution is 7.91. The second kappa shape index (κ2) is 6.47. The second-order valence-electron chi connectivity index (χ2n) is 5.33. The highest BCUT2D eigenvalue weighted by atomic mass is 32.2. The van der Waals surface area contributed by atoms with Crippen LogP contribution < -0.4 is 10.1 Å². The van der Waals surface area contributed by atoms with Crippen molar-refractivity contribution in [3.05, 3.63) is 29.8 Å². The number of hydrogen-bond acceptors (Lipinski definition) is 4. The zero-order chi connectivity index (χ0) is 15.5. The van der Waals surface area contributed by atoms with Gasteiger partial charge in [0.05, 0.1) is 30.1 Å². The Labute approximate surface area is 125 Å². The molecule has 0 bridgehead atoms. The first-order valence-electron chi connectivity index (χ1n) is 7.15. The van der Waals surface area contributed by atoms with Gasteiger partial charge in [-0.3, -0.25) is 4.79 Å². The maximum atomic E-state index is 12.1. The van der Waals surface area contributed by atoms with E-state index in [0.717, 1.165) is 11.3 Å². The maximum absolute atomic E-state index is 12.1. The lowest BCUT2D eigenvalue weighted by molar-refractivity contribution is -0.124. The molecule has 116 valence electrons.